The first kappa shape index (κ1) is 11.1. The molecule has 0 aliphatic carbocycles. The molecule has 16 heavy (non-hydrogen) atoms. The van der Waals surface area contributed by atoms with Gasteiger partial charge in [-0.05, 0) is 18.9 Å². The van der Waals surface area contributed by atoms with Crippen LogP contribution in [-0.4, -0.2) is 23.9 Å². The molecule has 2 rings (SSSR count). The van der Waals surface area contributed by atoms with Crippen LogP contribution in [0.2, 0.25) is 0 Å². The molecular formula is C13H18N2O. The molecule has 1 amide bonds. The van der Waals surface area contributed by atoms with E-state index in [1.807, 2.05) is 4.90 Å². The Labute approximate surface area is 96.5 Å². The highest BCUT2D eigenvalue weighted by atomic mass is 16.2. The number of rotatable bonds is 3. The fourth-order valence-corrected chi connectivity index (χ4v) is 2.08. The molecule has 86 valence electrons. The molecule has 1 N–H and O–H groups in total. The van der Waals surface area contributed by atoms with Gasteiger partial charge in [-0.2, -0.15) is 0 Å². The van der Waals surface area contributed by atoms with E-state index in [4.69, 9.17) is 0 Å². The van der Waals surface area contributed by atoms with Gasteiger partial charge in [0.25, 0.3) is 0 Å². The summed E-state index contributed by atoms with van der Waals surface area (Å²) in [6.45, 7) is 5.45. The van der Waals surface area contributed by atoms with E-state index in [1.165, 1.54) is 11.1 Å². The minimum atomic E-state index is 0.0630. The van der Waals surface area contributed by atoms with Crippen LogP contribution in [0.1, 0.15) is 30.6 Å². The first-order valence-corrected chi connectivity index (χ1v) is 5.82. The molecule has 1 aliphatic heterocycles. The Hall–Kier alpha value is -1.35. The van der Waals surface area contributed by atoms with E-state index >= 15 is 0 Å². The van der Waals surface area contributed by atoms with Crippen LogP contribution in [0.5, 0.6) is 0 Å². The van der Waals surface area contributed by atoms with E-state index in [2.05, 4.69) is 43.4 Å². The Balaban J connectivity index is 2.19. The van der Waals surface area contributed by atoms with Gasteiger partial charge in [0.05, 0.1) is 6.54 Å². The average Bonchev–Trinajstić information content (AvgIpc) is 2.63. The monoisotopic (exact) mass is 218 g/mol. The average molecular weight is 218 g/mol. The van der Waals surface area contributed by atoms with Crippen LogP contribution in [0.3, 0.4) is 0 Å². The largest absolute Gasteiger partial charge is 0.322 e. The maximum Gasteiger partial charge on any atom is 0.238 e. The molecule has 3 nitrogen and oxygen atoms in total. The number of amides is 1. The van der Waals surface area contributed by atoms with Crippen LogP contribution in [0.4, 0.5) is 0 Å². The lowest BCUT2D eigenvalue weighted by molar-refractivity contribution is -0.128. The highest BCUT2D eigenvalue weighted by molar-refractivity contribution is 5.80. The third-order valence-electron chi connectivity index (χ3n) is 2.94. The first-order chi connectivity index (χ1) is 7.72. The summed E-state index contributed by atoms with van der Waals surface area (Å²) in [5.74, 6) is 0.201. The van der Waals surface area contributed by atoms with Crippen LogP contribution in [0, 0.1) is 6.92 Å². The van der Waals surface area contributed by atoms with Gasteiger partial charge in [0.2, 0.25) is 5.91 Å². The second kappa shape index (κ2) is 4.66. The van der Waals surface area contributed by atoms with Gasteiger partial charge in [-0.1, -0.05) is 36.8 Å². The van der Waals surface area contributed by atoms with Crippen LogP contribution in [0.15, 0.2) is 24.3 Å². The van der Waals surface area contributed by atoms with Crippen molar-refractivity contribution < 1.29 is 4.79 Å². The zero-order chi connectivity index (χ0) is 11.5. The Morgan fingerprint density at radius 3 is 2.69 bits per heavy atom. The maximum atomic E-state index is 11.7. The number of carbonyl (C=O) groups is 1. The third-order valence-corrected chi connectivity index (χ3v) is 2.94. The van der Waals surface area contributed by atoms with E-state index in [9.17, 15) is 4.79 Å². The van der Waals surface area contributed by atoms with Crippen molar-refractivity contribution in [3.8, 4) is 0 Å². The van der Waals surface area contributed by atoms with Gasteiger partial charge in [0, 0.05) is 6.54 Å². The SMILES string of the molecule is CCCN1C(=O)CNC1c1ccc(C)cc1. The highest BCUT2D eigenvalue weighted by Gasteiger charge is 2.30. The predicted octanol–water partition coefficient (Wildman–Crippen LogP) is 1.84. The standard InChI is InChI=1S/C13H18N2O/c1-3-8-15-12(16)9-14-13(15)11-6-4-10(2)5-7-11/h4-7,13-14H,3,8-9H2,1-2H3. The molecule has 1 fully saturated rings. The van der Waals surface area contributed by atoms with Crippen molar-refractivity contribution in [1.29, 1.82) is 0 Å². The van der Waals surface area contributed by atoms with Crippen molar-refractivity contribution in [2.45, 2.75) is 26.4 Å². The van der Waals surface area contributed by atoms with Gasteiger partial charge in [0.1, 0.15) is 6.17 Å². The lowest BCUT2D eigenvalue weighted by Gasteiger charge is -2.24. The zero-order valence-corrected chi connectivity index (χ0v) is 9.86. The second-order valence-corrected chi connectivity index (χ2v) is 4.28. The maximum absolute atomic E-state index is 11.7. The van der Waals surface area contributed by atoms with Gasteiger partial charge < -0.3 is 4.90 Å². The summed E-state index contributed by atoms with van der Waals surface area (Å²) < 4.78 is 0. The molecule has 1 unspecified atom stereocenters. The number of nitrogens with one attached hydrogen (secondary N) is 1. The van der Waals surface area contributed by atoms with E-state index in [1.54, 1.807) is 0 Å². The van der Waals surface area contributed by atoms with E-state index in [-0.39, 0.29) is 12.1 Å². The van der Waals surface area contributed by atoms with Crippen molar-refractivity contribution in [2.24, 2.45) is 0 Å². The van der Waals surface area contributed by atoms with Gasteiger partial charge in [-0.3, -0.25) is 10.1 Å². The number of carbonyl (C=O) groups excluding carboxylic acids is 1. The van der Waals surface area contributed by atoms with Crippen LogP contribution < -0.4 is 5.32 Å². The van der Waals surface area contributed by atoms with Crippen molar-refractivity contribution in [2.75, 3.05) is 13.1 Å². The van der Waals surface area contributed by atoms with Crippen molar-refractivity contribution in [3.05, 3.63) is 35.4 Å². The minimum Gasteiger partial charge on any atom is -0.322 e. The van der Waals surface area contributed by atoms with Crippen molar-refractivity contribution in [3.63, 3.8) is 0 Å². The summed E-state index contributed by atoms with van der Waals surface area (Å²) in [5, 5.41) is 3.25. The topological polar surface area (TPSA) is 32.3 Å². The van der Waals surface area contributed by atoms with E-state index < -0.39 is 0 Å². The molecule has 0 radical (unpaired) electrons. The van der Waals surface area contributed by atoms with Crippen molar-refractivity contribution >= 4 is 5.91 Å². The molecule has 1 aromatic rings. The summed E-state index contributed by atoms with van der Waals surface area (Å²) in [7, 11) is 0. The molecule has 3 heteroatoms. The van der Waals surface area contributed by atoms with Crippen LogP contribution in [-0.2, 0) is 4.79 Å². The zero-order valence-electron chi connectivity index (χ0n) is 9.86. The lowest BCUT2D eigenvalue weighted by Crippen LogP contribution is -2.30. The highest BCUT2D eigenvalue weighted by Crippen LogP contribution is 2.22. The Bertz CT molecular complexity index is 372. The summed E-state index contributed by atoms with van der Waals surface area (Å²) in [5.41, 5.74) is 2.42. The number of benzene rings is 1. The number of aryl methyl sites for hydroxylation is 1. The second-order valence-electron chi connectivity index (χ2n) is 4.28. The number of hydrogen-bond acceptors (Lipinski definition) is 2. The fourth-order valence-electron chi connectivity index (χ4n) is 2.08. The quantitative estimate of drug-likeness (QED) is 0.839. The fraction of sp³-hybridized carbons (Fsp3) is 0.462. The van der Waals surface area contributed by atoms with Crippen LogP contribution in [0.25, 0.3) is 0 Å². The molecule has 1 heterocycles. The molecular weight excluding hydrogens is 200 g/mol. The predicted molar refractivity (Wildman–Crippen MR) is 63.9 cm³/mol. The molecule has 0 saturated carbocycles. The lowest BCUT2D eigenvalue weighted by atomic mass is 10.1. The normalized spacial score (nSPS) is 20.5. The number of hydrogen-bond donors (Lipinski definition) is 1. The summed E-state index contributed by atoms with van der Waals surface area (Å²) in [6.07, 6.45) is 1.06. The van der Waals surface area contributed by atoms with Gasteiger partial charge in [-0.25, -0.2) is 0 Å². The Kier molecular flexibility index (Phi) is 3.25. The molecule has 0 spiro atoms. The third kappa shape index (κ3) is 2.09. The molecule has 1 saturated heterocycles. The Morgan fingerprint density at radius 2 is 2.06 bits per heavy atom. The molecule has 0 aromatic heterocycles. The van der Waals surface area contributed by atoms with E-state index in [0.717, 1.165) is 13.0 Å². The van der Waals surface area contributed by atoms with E-state index in [0.29, 0.717) is 6.54 Å². The number of nitrogens with zero attached hydrogens (tertiary/aromatic N) is 1. The van der Waals surface area contributed by atoms with Crippen molar-refractivity contribution in [1.82, 2.24) is 10.2 Å². The summed E-state index contributed by atoms with van der Waals surface area (Å²) >= 11 is 0. The molecule has 1 atom stereocenters. The molecule has 0 bridgehead atoms. The Morgan fingerprint density at radius 1 is 1.38 bits per heavy atom. The van der Waals surface area contributed by atoms with Gasteiger partial charge >= 0.3 is 0 Å². The summed E-state index contributed by atoms with van der Waals surface area (Å²) in [4.78, 5) is 13.6. The first-order valence-electron chi connectivity index (χ1n) is 5.82. The van der Waals surface area contributed by atoms with Crippen LogP contribution >= 0.6 is 0 Å². The molecule has 1 aromatic carbocycles. The smallest absolute Gasteiger partial charge is 0.238 e. The van der Waals surface area contributed by atoms with Gasteiger partial charge in [-0.15, -0.1) is 0 Å². The van der Waals surface area contributed by atoms with Gasteiger partial charge in [0.15, 0.2) is 0 Å². The minimum absolute atomic E-state index is 0.0630. The summed E-state index contributed by atoms with van der Waals surface area (Å²) in [6, 6.07) is 8.36. The molecule has 1 aliphatic rings.